The first-order valence-corrected chi connectivity index (χ1v) is 9.27. The predicted octanol–water partition coefficient (Wildman–Crippen LogP) is 4.69. The number of nitro benzene ring substituents is 1. The number of hydrogen-bond donors (Lipinski definition) is 1. The fourth-order valence-electron chi connectivity index (χ4n) is 2.47. The summed E-state index contributed by atoms with van der Waals surface area (Å²) in [4.78, 5) is 24.8. The number of anilines is 1. The number of nitrogens with one attached hydrogen (secondary N) is 1. The summed E-state index contributed by atoms with van der Waals surface area (Å²) >= 11 is 3.37. The number of hydrogen-bond acceptors (Lipinski definition) is 8. The highest BCUT2D eigenvalue weighted by atomic mass is 79.9. The van der Waals surface area contributed by atoms with E-state index in [1.54, 1.807) is 30.3 Å². The SMILES string of the molecule is O=[N+]([O-])c1cccc(COc2ccc(Br)cc2/C=N\Nc2ncccc2[N+](=O)[O-])c1. The highest BCUT2D eigenvalue weighted by Crippen LogP contribution is 2.24. The Hall–Kier alpha value is -3.86. The summed E-state index contributed by atoms with van der Waals surface area (Å²) in [6.45, 7) is 0.114. The first kappa shape index (κ1) is 20.9. The number of benzene rings is 2. The third-order valence-electron chi connectivity index (χ3n) is 3.84. The average molecular weight is 472 g/mol. The van der Waals surface area contributed by atoms with Crippen molar-refractivity contribution >= 4 is 39.3 Å². The molecule has 0 saturated carbocycles. The second kappa shape index (κ2) is 9.56. The summed E-state index contributed by atoms with van der Waals surface area (Å²) in [6.07, 6.45) is 2.85. The van der Waals surface area contributed by atoms with Crippen molar-refractivity contribution in [3.05, 3.63) is 96.6 Å². The lowest BCUT2D eigenvalue weighted by Gasteiger charge is -2.10. The molecule has 0 unspecified atom stereocenters. The van der Waals surface area contributed by atoms with E-state index in [1.165, 1.54) is 36.7 Å². The molecular formula is C19H14BrN5O5. The molecule has 3 rings (SSSR count). The molecule has 11 heteroatoms. The van der Waals surface area contributed by atoms with Gasteiger partial charge < -0.3 is 4.74 Å². The van der Waals surface area contributed by atoms with Crippen LogP contribution in [0.2, 0.25) is 0 Å². The zero-order chi connectivity index (χ0) is 21.5. The van der Waals surface area contributed by atoms with E-state index in [0.29, 0.717) is 16.9 Å². The normalized spacial score (nSPS) is 10.7. The van der Waals surface area contributed by atoms with Crippen molar-refractivity contribution in [1.82, 2.24) is 4.98 Å². The fraction of sp³-hybridized carbons (Fsp3) is 0.0526. The number of non-ortho nitro benzene ring substituents is 1. The minimum atomic E-state index is -0.558. The second-order valence-corrected chi connectivity index (χ2v) is 6.81. The van der Waals surface area contributed by atoms with E-state index in [2.05, 4.69) is 31.4 Å². The molecule has 0 amide bonds. The first-order chi connectivity index (χ1) is 14.4. The average Bonchev–Trinajstić information content (AvgIpc) is 2.73. The minimum absolute atomic E-state index is 0.00723. The van der Waals surface area contributed by atoms with Crippen molar-refractivity contribution < 1.29 is 14.6 Å². The molecule has 2 aromatic carbocycles. The van der Waals surface area contributed by atoms with Crippen molar-refractivity contribution in [1.29, 1.82) is 0 Å². The monoisotopic (exact) mass is 471 g/mol. The Morgan fingerprint density at radius 2 is 1.93 bits per heavy atom. The lowest BCUT2D eigenvalue weighted by molar-refractivity contribution is -0.385. The maximum absolute atomic E-state index is 11.0. The van der Waals surface area contributed by atoms with Gasteiger partial charge in [0.15, 0.2) is 0 Å². The maximum atomic E-state index is 11.0. The molecule has 0 radical (unpaired) electrons. The summed E-state index contributed by atoms with van der Waals surface area (Å²) < 4.78 is 6.56. The van der Waals surface area contributed by atoms with Gasteiger partial charge in [-0.2, -0.15) is 5.10 Å². The molecule has 0 aliphatic heterocycles. The van der Waals surface area contributed by atoms with Crippen LogP contribution in [0.25, 0.3) is 0 Å². The molecule has 0 atom stereocenters. The number of nitrogens with zero attached hydrogens (tertiary/aromatic N) is 4. The van der Waals surface area contributed by atoms with Gasteiger partial charge in [0.05, 0.1) is 16.1 Å². The van der Waals surface area contributed by atoms with Gasteiger partial charge in [-0.25, -0.2) is 4.98 Å². The van der Waals surface area contributed by atoms with Crippen LogP contribution in [0, 0.1) is 20.2 Å². The molecule has 0 spiro atoms. The van der Waals surface area contributed by atoms with Gasteiger partial charge in [-0.15, -0.1) is 0 Å². The molecule has 1 aromatic heterocycles. The number of rotatable bonds is 8. The van der Waals surface area contributed by atoms with Gasteiger partial charge in [0.25, 0.3) is 5.69 Å². The largest absolute Gasteiger partial charge is 0.488 e. The van der Waals surface area contributed by atoms with Crippen molar-refractivity contribution in [2.24, 2.45) is 5.10 Å². The van der Waals surface area contributed by atoms with E-state index in [-0.39, 0.29) is 23.8 Å². The van der Waals surface area contributed by atoms with E-state index in [0.717, 1.165) is 4.47 Å². The van der Waals surface area contributed by atoms with Gasteiger partial charge in [0.1, 0.15) is 12.4 Å². The third-order valence-corrected chi connectivity index (χ3v) is 4.34. The second-order valence-electron chi connectivity index (χ2n) is 5.90. The molecule has 152 valence electrons. The molecule has 0 saturated heterocycles. The van der Waals surface area contributed by atoms with Gasteiger partial charge in [-0.05, 0) is 29.8 Å². The van der Waals surface area contributed by atoms with Gasteiger partial charge in [0.2, 0.25) is 5.82 Å². The van der Waals surface area contributed by atoms with Crippen molar-refractivity contribution in [2.45, 2.75) is 6.61 Å². The molecule has 30 heavy (non-hydrogen) atoms. The Morgan fingerprint density at radius 1 is 1.10 bits per heavy atom. The van der Waals surface area contributed by atoms with E-state index in [9.17, 15) is 20.2 Å². The first-order valence-electron chi connectivity index (χ1n) is 8.48. The van der Waals surface area contributed by atoms with Gasteiger partial charge in [-0.3, -0.25) is 25.7 Å². The lowest BCUT2D eigenvalue weighted by atomic mass is 10.2. The van der Waals surface area contributed by atoms with Crippen LogP contribution in [0.4, 0.5) is 17.2 Å². The Bertz CT molecular complexity index is 1120. The van der Waals surface area contributed by atoms with Crippen LogP contribution in [0.3, 0.4) is 0 Å². The van der Waals surface area contributed by atoms with E-state index in [4.69, 9.17) is 4.74 Å². The van der Waals surface area contributed by atoms with E-state index in [1.807, 2.05) is 0 Å². The zero-order valence-electron chi connectivity index (χ0n) is 15.3. The fourth-order valence-corrected chi connectivity index (χ4v) is 2.84. The Labute approximate surface area is 178 Å². The minimum Gasteiger partial charge on any atom is -0.488 e. The summed E-state index contributed by atoms with van der Waals surface area (Å²) in [5, 5.41) is 26.0. The Morgan fingerprint density at radius 3 is 2.70 bits per heavy atom. The Balaban J connectivity index is 1.76. The molecule has 1 heterocycles. The number of halogens is 1. The molecule has 3 aromatic rings. The van der Waals surface area contributed by atoms with Crippen LogP contribution in [0.15, 0.2) is 70.4 Å². The number of nitro groups is 2. The van der Waals surface area contributed by atoms with Crippen LogP contribution in [0.5, 0.6) is 5.75 Å². The summed E-state index contributed by atoms with van der Waals surface area (Å²) in [5.74, 6) is 0.485. The lowest BCUT2D eigenvalue weighted by Crippen LogP contribution is -2.01. The topological polar surface area (TPSA) is 133 Å². The van der Waals surface area contributed by atoms with Crippen molar-refractivity contribution in [3.8, 4) is 5.75 Å². The van der Waals surface area contributed by atoms with E-state index >= 15 is 0 Å². The van der Waals surface area contributed by atoms with Crippen LogP contribution < -0.4 is 10.2 Å². The highest BCUT2D eigenvalue weighted by Gasteiger charge is 2.13. The number of aromatic nitrogens is 1. The summed E-state index contributed by atoms with van der Waals surface area (Å²) in [5.41, 5.74) is 3.55. The number of hydrazone groups is 1. The smallest absolute Gasteiger partial charge is 0.313 e. The Kier molecular flexibility index (Phi) is 6.65. The van der Waals surface area contributed by atoms with Crippen LogP contribution >= 0.6 is 15.9 Å². The quantitative estimate of drug-likeness (QED) is 0.286. The zero-order valence-corrected chi connectivity index (χ0v) is 16.9. The molecular weight excluding hydrogens is 458 g/mol. The predicted molar refractivity (Wildman–Crippen MR) is 114 cm³/mol. The van der Waals surface area contributed by atoms with Crippen LogP contribution in [-0.4, -0.2) is 21.0 Å². The summed E-state index contributed by atoms with van der Waals surface area (Å²) in [7, 11) is 0. The van der Waals surface area contributed by atoms with Gasteiger partial charge in [-0.1, -0.05) is 28.1 Å². The molecule has 1 N–H and O–H groups in total. The van der Waals surface area contributed by atoms with Crippen molar-refractivity contribution in [2.75, 3.05) is 5.43 Å². The third kappa shape index (κ3) is 5.35. The van der Waals surface area contributed by atoms with Crippen LogP contribution in [-0.2, 0) is 6.61 Å². The van der Waals surface area contributed by atoms with Crippen LogP contribution in [0.1, 0.15) is 11.1 Å². The number of pyridine rings is 1. The molecule has 0 aliphatic rings. The molecule has 10 nitrogen and oxygen atoms in total. The number of ether oxygens (including phenoxy) is 1. The molecule has 0 fully saturated rings. The van der Waals surface area contributed by atoms with Gasteiger partial charge in [0, 0.05) is 34.4 Å². The molecule has 0 aliphatic carbocycles. The van der Waals surface area contributed by atoms with Crippen molar-refractivity contribution in [3.63, 3.8) is 0 Å². The van der Waals surface area contributed by atoms with Gasteiger partial charge >= 0.3 is 5.69 Å². The van der Waals surface area contributed by atoms with E-state index < -0.39 is 9.85 Å². The standard InChI is InChI=1S/C19H14BrN5O5/c20-15-6-7-18(30-12-13-3-1-4-16(9-13)24(26)27)14(10-15)11-22-23-19-17(25(28)29)5-2-8-21-19/h1-11H,12H2,(H,21,23)/b22-11-. The summed E-state index contributed by atoms with van der Waals surface area (Å²) in [6, 6.07) is 14.2. The maximum Gasteiger partial charge on any atom is 0.313 e. The highest BCUT2D eigenvalue weighted by molar-refractivity contribution is 9.10. The molecule has 0 bridgehead atoms.